The summed E-state index contributed by atoms with van der Waals surface area (Å²) in [6.45, 7) is 5.80. The van der Waals surface area contributed by atoms with Gasteiger partial charge in [0, 0.05) is 25.1 Å². The van der Waals surface area contributed by atoms with Crippen LogP contribution in [0.4, 0.5) is 11.5 Å². The summed E-state index contributed by atoms with van der Waals surface area (Å²) in [6, 6.07) is 3.05. The molecule has 0 fully saturated rings. The molecule has 0 aliphatic heterocycles. The number of nitro groups is 1. The number of nitrogens with zero attached hydrogens (tertiary/aromatic N) is 2. The maximum Gasteiger partial charge on any atom is 0.290 e. The summed E-state index contributed by atoms with van der Waals surface area (Å²) in [5.74, 6) is 0.488. The molecule has 1 aromatic rings. The number of amides is 1. The van der Waals surface area contributed by atoms with Crippen molar-refractivity contribution in [1.29, 1.82) is 0 Å². The summed E-state index contributed by atoms with van der Waals surface area (Å²) in [4.78, 5) is 25.6. The molecule has 1 aromatic heterocycles. The number of nitrogens with one attached hydrogen (secondary N) is 2. The molecular weight excluding hydrogens is 248 g/mol. The van der Waals surface area contributed by atoms with Crippen LogP contribution in [-0.4, -0.2) is 28.4 Å². The van der Waals surface area contributed by atoms with Gasteiger partial charge in [0.25, 0.3) is 5.69 Å². The third-order valence-electron chi connectivity index (χ3n) is 2.36. The fourth-order valence-electron chi connectivity index (χ4n) is 1.54. The number of anilines is 1. The molecule has 1 amide bonds. The van der Waals surface area contributed by atoms with E-state index in [9.17, 15) is 14.9 Å². The molecule has 0 aromatic carbocycles. The van der Waals surface area contributed by atoms with Gasteiger partial charge in [0.2, 0.25) is 5.91 Å². The second-order valence-corrected chi connectivity index (χ2v) is 4.46. The van der Waals surface area contributed by atoms with Crippen LogP contribution in [0.2, 0.25) is 0 Å². The fourth-order valence-corrected chi connectivity index (χ4v) is 1.54. The van der Waals surface area contributed by atoms with Crippen molar-refractivity contribution in [3.63, 3.8) is 0 Å². The van der Waals surface area contributed by atoms with Gasteiger partial charge < -0.3 is 10.6 Å². The molecule has 7 heteroatoms. The third kappa shape index (κ3) is 4.90. The van der Waals surface area contributed by atoms with E-state index < -0.39 is 4.92 Å². The second kappa shape index (κ2) is 6.67. The minimum Gasteiger partial charge on any atom is -0.370 e. The van der Waals surface area contributed by atoms with Gasteiger partial charge in [-0.1, -0.05) is 0 Å². The molecule has 0 aliphatic carbocycles. The smallest absolute Gasteiger partial charge is 0.290 e. The summed E-state index contributed by atoms with van der Waals surface area (Å²) in [7, 11) is 0. The van der Waals surface area contributed by atoms with Crippen molar-refractivity contribution in [2.45, 2.75) is 33.2 Å². The summed E-state index contributed by atoms with van der Waals surface area (Å²) >= 11 is 0. The van der Waals surface area contributed by atoms with Crippen LogP contribution in [0.1, 0.15) is 26.0 Å². The zero-order valence-electron chi connectivity index (χ0n) is 11.3. The van der Waals surface area contributed by atoms with Crippen LogP contribution >= 0.6 is 0 Å². The van der Waals surface area contributed by atoms with Gasteiger partial charge in [-0.3, -0.25) is 14.9 Å². The largest absolute Gasteiger partial charge is 0.370 e. The molecule has 0 spiro atoms. The fraction of sp³-hybridized carbons (Fsp3) is 0.500. The quantitative estimate of drug-likeness (QED) is 0.602. The van der Waals surface area contributed by atoms with Gasteiger partial charge in [-0.05, 0) is 26.8 Å². The lowest BCUT2D eigenvalue weighted by Crippen LogP contribution is -2.31. The molecule has 7 nitrogen and oxygen atoms in total. The van der Waals surface area contributed by atoms with Crippen LogP contribution in [0, 0.1) is 17.0 Å². The van der Waals surface area contributed by atoms with Crippen LogP contribution in [0.15, 0.2) is 12.1 Å². The van der Waals surface area contributed by atoms with E-state index in [4.69, 9.17) is 0 Å². The van der Waals surface area contributed by atoms with Gasteiger partial charge in [0.15, 0.2) is 0 Å². The first-order valence-corrected chi connectivity index (χ1v) is 6.05. The highest BCUT2D eigenvalue weighted by atomic mass is 16.6. The lowest BCUT2D eigenvalue weighted by atomic mass is 10.3. The van der Waals surface area contributed by atoms with Crippen LogP contribution in [0.5, 0.6) is 0 Å². The Labute approximate surface area is 111 Å². The minimum absolute atomic E-state index is 0.0110. The topological polar surface area (TPSA) is 97.2 Å². The Balaban J connectivity index is 2.48. The molecule has 1 heterocycles. The van der Waals surface area contributed by atoms with Gasteiger partial charge in [-0.15, -0.1) is 0 Å². The highest BCUT2D eigenvalue weighted by Gasteiger charge is 2.11. The first kappa shape index (κ1) is 14.9. The van der Waals surface area contributed by atoms with E-state index in [2.05, 4.69) is 15.6 Å². The molecule has 1 rings (SSSR count). The Morgan fingerprint density at radius 1 is 1.47 bits per heavy atom. The van der Waals surface area contributed by atoms with E-state index in [1.54, 1.807) is 6.92 Å². The molecular formula is C12H18N4O3. The van der Waals surface area contributed by atoms with E-state index in [-0.39, 0.29) is 17.6 Å². The van der Waals surface area contributed by atoms with Crippen LogP contribution in [0.3, 0.4) is 0 Å². The molecule has 19 heavy (non-hydrogen) atoms. The van der Waals surface area contributed by atoms with Crippen molar-refractivity contribution in [2.75, 3.05) is 11.9 Å². The number of carbonyl (C=O) groups is 1. The van der Waals surface area contributed by atoms with Gasteiger partial charge in [-0.2, -0.15) is 0 Å². The molecule has 0 atom stereocenters. The first-order chi connectivity index (χ1) is 8.90. The van der Waals surface area contributed by atoms with E-state index in [1.807, 2.05) is 13.8 Å². The maximum atomic E-state index is 11.4. The zero-order valence-corrected chi connectivity index (χ0v) is 11.3. The number of rotatable bonds is 6. The monoisotopic (exact) mass is 266 g/mol. The van der Waals surface area contributed by atoms with Crippen LogP contribution in [0.25, 0.3) is 0 Å². The lowest BCUT2D eigenvalue weighted by Gasteiger charge is -2.09. The average Bonchev–Trinajstić information content (AvgIpc) is 2.27. The van der Waals surface area contributed by atoms with Crippen molar-refractivity contribution >= 4 is 17.4 Å². The Bertz CT molecular complexity index is 474. The first-order valence-electron chi connectivity index (χ1n) is 6.05. The maximum absolute atomic E-state index is 11.4. The van der Waals surface area contributed by atoms with E-state index in [0.717, 1.165) is 0 Å². The number of hydrogen-bond donors (Lipinski definition) is 2. The molecule has 2 N–H and O–H groups in total. The van der Waals surface area contributed by atoms with Gasteiger partial charge >= 0.3 is 0 Å². The summed E-state index contributed by atoms with van der Waals surface area (Å²) in [5.41, 5.74) is 0.338. The van der Waals surface area contributed by atoms with Crippen molar-refractivity contribution in [3.05, 3.63) is 27.9 Å². The average molecular weight is 266 g/mol. The van der Waals surface area contributed by atoms with Crippen LogP contribution < -0.4 is 10.6 Å². The van der Waals surface area contributed by atoms with Crippen LogP contribution in [-0.2, 0) is 4.79 Å². The normalized spacial score (nSPS) is 10.3. The predicted molar refractivity (Wildman–Crippen MR) is 72.0 cm³/mol. The SMILES string of the molecule is Cc1nc(NCCC(=O)NC(C)C)ccc1[N+](=O)[O-]. The molecule has 0 saturated heterocycles. The number of hydrogen-bond acceptors (Lipinski definition) is 5. The highest BCUT2D eigenvalue weighted by Crippen LogP contribution is 2.17. The van der Waals surface area contributed by atoms with Gasteiger partial charge in [0.1, 0.15) is 11.5 Å². The van der Waals surface area contributed by atoms with Crippen molar-refractivity contribution in [1.82, 2.24) is 10.3 Å². The lowest BCUT2D eigenvalue weighted by molar-refractivity contribution is -0.385. The van der Waals surface area contributed by atoms with Gasteiger partial charge in [0.05, 0.1) is 4.92 Å². The molecule has 0 bridgehead atoms. The minimum atomic E-state index is -0.470. The third-order valence-corrected chi connectivity index (χ3v) is 2.36. The molecule has 0 unspecified atom stereocenters. The number of aromatic nitrogens is 1. The molecule has 0 saturated carbocycles. The number of pyridine rings is 1. The van der Waals surface area contributed by atoms with E-state index in [0.29, 0.717) is 24.5 Å². The Kier molecular flexibility index (Phi) is 5.23. The Morgan fingerprint density at radius 2 is 2.16 bits per heavy atom. The van der Waals surface area contributed by atoms with E-state index >= 15 is 0 Å². The summed E-state index contributed by atoms with van der Waals surface area (Å²) < 4.78 is 0. The predicted octanol–water partition coefficient (Wildman–Crippen LogP) is 1.62. The number of aryl methyl sites for hydroxylation is 1. The van der Waals surface area contributed by atoms with E-state index in [1.165, 1.54) is 12.1 Å². The van der Waals surface area contributed by atoms with Crippen molar-refractivity contribution < 1.29 is 9.72 Å². The Morgan fingerprint density at radius 3 is 2.68 bits per heavy atom. The molecule has 104 valence electrons. The molecule has 0 aliphatic rings. The van der Waals surface area contributed by atoms with Gasteiger partial charge in [-0.25, -0.2) is 4.98 Å². The Hall–Kier alpha value is -2.18. The number of carbonyl (C=O) groups excluding carboxylic acids is 1. The summed E-state index contributed by atoms with van der Waals surface area (Å²) in [5, 5.41) is 16.4. The highest BCUT2D eigenvalue weighted by molar-refractivity contribution is 5.76. The zero-order chi connectivity index (χ0) is 14.4. The molecule has 0 radical (unpaired) electrons. The van der Waals surface area contributed by atoms with Crippen molar-refractivity contribution in [2.24, 2.45) is 0 Å². The second-order valence-electron chi connectivity index (χ2n) is 4.46. The van der Waals surface area contributed by atoms with Crippen molar-refractivity contribution in [3.8, 4) is 0 Å². The summed E-state index contributed by atoms with van der Waals surface area (Å²) in [6.07, 6.45) is 0.329. The standard InChI is InChI=1S/C12H18N4O3/c1-8(2)14-12(17)6-7-13-11-5-4-10(16(18)19)9(3)15-11/h4-5,8H,6-7H2,1-3H3,(H,13,15)(H,14,17).